The smallest absolute Gasteiger partial charge is 0.272 e. The average molecular weight is 411 g/mol. The van der Waals surface area contributed by atoms with Crippen LogP contribution in [0.4, 0.5) is 0 Å². The van der Waals surface area contributed by atoms with Gasteiger partial charge in [-0.15, -0.1) is 0 Å². The number of likely N-dealkylation sites (tertiary alicyclic amines) is 1. The van der Waals surface area contributed by atoms with Crippen LogP contribution in [0.2, 0.25) is 0 Å². The molecule has 0 unspecified atom stereocenters. The van der Waals surface area contributed by atoms with Gasteiger partial charge in [0.05, 0.1) is 18.4 Å². The third kappa shape index (κ3) is 4.27. The normalized spacial score (nSPS) is 14.6. The second-order valence-corrected chi connectivity index (χ2v) is 7.16. The van der Waals surface area contributed by atoms with Gasteiger partial charge in [0.2, 0.25) is 0 Å². The van der Waals surface area contributed by atoms with Crippen molar-refractivity contribution in [1.82, 2.24) is 25.4 Å². The Bertz CT molecular complexity index is 1090. The van der Waals surface area contributed by atoms with Gasteiger partial charge in [0.15, 0.2) is 5.88 Å². The van der Waals surface area contributed by atoms with E-state index in [9.17, 15) is 19.5 Å². The summed E-state index contributed by atoms with van der Waals surface area (Å²) in [5.74, 6) is -0.130. The SMILES string of the molecule is O=C(NCc1ccco1)c1cc(C2CCN(C(=O)c3cc(O)[nH]c(=O)c3)CC2)[nH]n1. The van der Waals surface area contributed by atoms with E-state index in [-0.39, 0.29) is 35.7 Å². The molecule has 0 atom stereocenters. The topological polar surface area (TPSA) is 144 Å². The highest BCUT2D eigenvalue weighted by molar-refractivity contribution is 5.94. The van der Waals surface area contributed by atoms with Crippen LogP contribution >= 0.6 is 0 Å². The van der Waals surface area contributed by atoms with Gasteiger partial charge >= 0.3 is 0 Å². The van der Waals surface area contributed by atoms with E-state index in [0.717, 1.165) is 5.69 Å². The number of aromatic amines is 2. The number of nitrogens with one attached hydrogen (secondary N) is 3. The van der Waals surface area contributed by atoms with Crippen LogP contribution in [0, 0.1) is 0 Å². The molecule has 3 aromatic heterocycles. The van der Waals surface area contributed by atoms with Crippen LogP contribution in [0.5, 0.6) is 5.88 Å². The number of carbonyl (C=O) groups is 2. The third-order valence-corrected chi connectivity index (χ3v) is 5.13. The number of carbonyl (C=O) groups excluding carboxylic acids is 2. The quantitative estimate of drug-likeness (QED) is 0.499. The monoisotopic (exact) mass is 411 g/mol. The summed E-state index contributed by atoms with van der Waals surface area (Å²) >= 11 is 0. The molecular formula is C20H21N5O5. The predicted molar refractivity (Wildman–Crippen MR) is 105 cm³/mol. The Hall–Kier alpha value is -3.82. The molecule has 4 rings (SSSR count). The highest BCUT2D eigenvalue weighted by Crippen LogP contribution is 2.28. The molecule has 156 valence electrons. The number of piperidine rings is 1. The molecule has 0 saturated carbocycles. The molecule has 1 aliphatic rings. The van der Waals surface area contributed by atoms with Crippen molar-refractivity contribution in [2.24, 2.45) is 0 Å². The lowest BCUT2D eigenvalue weighted by Gasteiger charge is -2.31. The largest absolute Gasteiger partial charge is 0.494 e. The molecule has 1 saturated heterocycles. The molecule has 10 heteroatoms. The fraction of sp³-hybridized carbons (Fsp3) is 0.300. The highest BCUT2D eigenvalue weighted by atomic mass is 16.3. The van der Waals surface area contributed by atoms with Crippen LogP contribution in [0.3, 0.4) is 0 Å². The van der Waals surface area contributed by atoms with Crippen molar-refractivity contribution in [1.29, 1.82) is 0 Å². The zero-order valence-corrected chi connectivity index (χ0v) is 16.1. The van der Waals surface area contributed by atoms with Gasteiger partial charge in [-0.25, -0.2) is 0 Å². The summed E-state index contributed by atoms with van der Waals surface area (Å²) in [7, 11) is 0. The van der Waals surface area contributed by atoms with Crippen molar-refractivity contribution in [2.75, 3.05) is 13.1 Å². The van der Waals surface area contributed by atoms with Crippen LogP contribution in [-0.2, 0) is 6.54 Å². The van der Waals surface area contributed by atoms with Gasteiger partial charge in [-0.3, -0.25) is 24.5 Å². The number of amides is 2. The maximum atomic E-state index is 12.6. The molecule has 2 amide bonds. The van der Waals surface area contributed by atoms with Crippen LogP contribution in [0.15, 0.2) is 45.8 Å². The molecule has 0 bridgehead atoms. The number of H-pyrrole nitrogens is 2. The first kappa shape index (κ1) is 19.5. The molecular weight excluding hydrogens is 390 g/mol. The minimum atomic E-state index is -0.524. The Morgan fingerprint density at radius 3 is 2.77 bits per heavy atom. The molecule has 0 aromatic carbocycles. The van der Waals surface area contributed by atoms with E-state index in [1.54, 1.807) is 29.4 Å². The van der Waals surface area contributed by atoms with Gasteiger partial charge < -0.3 is 19.7 Å². The van der Waals surface area contributed by atoms with Crippen LogP contribution in [-0.4, -0.2) is 50.1 Å². The molecule has 0 spiro atoms. The minimum Gasteiger partial charge on any atom is -0.494 e. The van der Waals surface area contributed by atoms with Crippen LogP contribution in [0.1, 0.15) is 51.1 Å². The number of rotatable bonds is 5. The first-order chi connectivity index (χ1) is 14.5. The summed E-state index contributed by atoms with van der Waals surface area (Å²) in [6, 6.07) is 7.69. The zero-order chi connectivity index (χ0) is 21.1. The zero-order valence-electron chi connectivity index (χ0n) is 16.1. The fourth-order valence-electron chi connectivity index (χ4n) is 3.56. The van der Waals surface area contributed by atoms with Crippen LogP contribution < -0.4 is 10.9 Å². The number of aromatic hydroxyl groups is 1. The minimum absolute atomic E-state index is 0.140. The van der Waals surface area contributed by atoms with E-state index in [4.69, 9.17) is 4.42 Å². The molecule has 1 fully saturated rings. The Labute approximate surface area is 170 Å². The van der Waals surface area contributed by atoms with Gasteiger partial charge in [-0.2, -0.15) is 5.10 Å². The van der Waals surface area contributed by atoms with Gasteiger partial charge in [0.25, 0.3) is 17.4 Å². The maximum Gasteiger partial charge on any atom is 0.272 e. The summed E-state index contributed by atoms with van der Waals surface area (Å²) < 4.78 is 5.19. The Balaban J connectivity index is 1.33. The van der Waals surface area contributed by atoms with Gasteiger partial charge in [-0.1, -0.05) is 0 Å². The fourth-order valence-corrected chi connectivity index (χ4v) is 3.56. The Morgan fingerprint density at radius 1 is 1.27 bits per heavy atom. The van der Waals surface area contributed by atoms with E-state index in [1.807, 2.05) is 0 Å². The first-order valence-electron chi connectivity index (χ1n) is 9.58. The number of hydrogen-bond acceptors (Lipinski definition) is 6. The van der Waals surface area contributed by atoms with Gasteiger partial charge in [-0.05, 0) is 31.0 Å². The number of pyridine rings is 1. The molecule has 30 heavy (non-hydrogen) atoms. The molecule has 0 radical (unpaired) electrons. The maximum absolute atomic E-state index is 12.6. The van der Waals surface area contributed by atoms with Crippen LogP contribution in [0.25, 0.3) is 0 Å². The molecule has 4 heterocycles. The third-order valence-electron chi connectivity index (χ3n) is 5.13. The number of aromatic nitrogens is 3. The van der Waals surface area contributed by atoms with E-state index >= 15 is 0 Å². The van der Waals surface area contributed by atoms with Crippen molar-refractivity contribution in [3.8, 4) is 5.88 Å². The second kappa shape index (κ2) is 8.27. The van der Waals surface area contributed by atoms with Gasteiger partial charge in [0, 0.05) is 36.8 Å². The standard InChI is InChI=1S/C20H21N5O5/c26-17-8-13(9-18(27)22-17)20(29)25-5-3-12(4-6-25)15-10-16(24-23-15)19(28)21-11-14-2-1-7-30-14/h1-2,7-10,12H,3-6,11H2,(H,21,28)(H,23,24)(H2,22,26,27). The lowest BCUT2D eigenvalue weighted by atomic mass is 9.93. The molecule has 0 aliphatic carbocycles. The molecule has 4 N–H and O–H groups in total. The summed E-state index contributed by atoms with van der Waals surface area (Å²) in [5, 5.41) is 19.3. The Morgan fingerprint density at radius 2 is 2.07 bits per heavy atom. The van der Waals surface area contributed by atoms with E-state index in [2.05, 4.69) is 20.5 Å². The lowest BCUT2D eigenvalue weighted by Crippen LogP contribution is -2.38. The van der Waals surface area contributed by atoms with Crippen molar-refractivity contribution < 1.29 is 19.1 Å². The van der Waals surface area contributed by atoms with E-state index in [1.165, 1.54) is 12.1 Å². The highest BCUT2D eigenvalue weighted by Gasteiger charge is 2.26. The summed E-state index contributed by atoms with van der Waals surface area (Å²) in [4.78, 5) is 40.2. The Kier molecular flexibility index (Phi) is 5.38. The van der Waals surface area contributed by atoms with Crippen molar-refractivity contribution in [3.05, 3.63) is 69.7 Å². The lowest BCUT2D eigenvalue weighted by molar-refractivity contribution is 0.0711. The molecule has 3 aromatic rings. The molecule has 1 aliphatic heterocycles. The molecule has 10 nitrogen and oxygen atoms in total. The van der Waals surface area contributed by atoms with Crippen molar-refractivity contribution >= 4 is 11.8 Å². The number of furan rings is 1. The number of nitrogens with zero attached hydrogens (tertiary/aromatic N) is 2. The average Bonchev–Trinajstić information content (AvgIpc) is 3.43. The predicted octanol–water partition coefficient (Wildman–Crippen LogP) is 1.35. The second-order valence-electron chi connectivity index (χ2n) is 7.16. The van der Waals surface area contributed by atoms with Gasteiger partial charge in [0.1, 0.15) is 11.5 Å². The van der Waals surface area contributed by atoms with Crippen molar-refractivity contribution in [3.63, 3.8) is 0 Å². The summed E-state index contributed by atoms with van der Waals surface area (Å²) in [6.45, 7) is 1.28. The summed E-state index contributed by atoms with van der Waals surface area (Å²) in [6.07, 6.45) is 2.93. The van der Waals surface area contributed by atoms with E-state index < -0.39 is 5.56 Å². The van der Waals surface area contributed by atoms with Crippen molar-refractivity contribution in [2.45, 2.75) is 25.3 Å². The summed E-state index contributed by atoms with van der Waals surface area (Å²) in [5.41, 5.74) is 0.781. The first-order valence-corrected chi connectivity index (χ1v) is 9.58. The number of hydrogen-bond donors (Lipinski definition) is 4. The van der Waals surface area contributed by atoms with E-state index in [0.29, 0.717) is 37.4 Å².